The number of carbonyl (C=O) groups is 1. The predicted molar refractivity (Wildman–Crippen MR) is 114 cm³/mol. The van der Waals surface area contributed by atoms with E-state index in [-0.39, 0.29) is 25.1 Å². The van der Waals surface area contributed by atoms with Crippen molar-refractivity contribution in [3.05, 3.63) is 60.2 Å². The van der Waals surface area contributed by atoms with E-state index in [2.05, 4.69) is 5.32 Å². The summed E-state index contributed by atoms with van der Waals surface area (Å²) in [5, 5.41) is 3.01. The minimum absolute atomic E-state index is 0.0460. The van der Waals surface area contributed by atoms with Gasteiger partial charge in [-0.25, -0.2) is 8.42 Å². The second-order valence-corrected chi connectivity index (χ2v) is 9.35. The smallest absolute Gasteiger partial charge is 0.258 e. The van der Waals surface area contributed by atoms with Crippen LogP contribution in [0.5, 0.6) is 5.75 Å². The number of ether oxygens (including phenoxy) is 1. The highest BCUT2D eigenvalue weighted by atomic mass is 32.2. The van der Waals surface area contributed by atoms with E-state index < -0.39 is 10.0 Å². The van der Waals surface area contributed by atoms with E-state index in [0.717, 1.165) is 31.2 Å². The monoisotopic (exact) mass is 416 g/mol. The molecule has 1 fully saturated rings. The first-order valence-electron chi connectivity index (χ1n) is 9.96. The maximum absolute atomic E-state index is 12.3. The Morgan fingerprint density at radius 2 is 1.69 bits per heavy atom. The van der Waals surface area contributed by atoms with Gasteiger partial charge >= 0.3 is 0 Å². The van der Waals surface area contributed by atoms with Gasteiger partial charge in [-0.3, -0.25) is 9.10 Å². The van der Waals surface area contributed by atoms with Gasteiger partial charge in [-0.2, -0.15) is 0 Å². The highest BCUT2D eigenvalue weighted by Crippen LogP contribution is 2.24. The number of hydrogen-bond acceptors (Lipinski definition) is 4. The van der Waals surface area contributed by atoms with Crippen LogP contribution < -0.4 is 14.4 Å². The lowest BCUT2D eigenvalue weighted by Crippen LogP contribution is -2.38. The van der Waals surface area contributed by atoms with E-state index in [0.29, 0.717) is 11.4 Å². The quantitative estimate of drug-likeness (QED) is 0.715. The molecule has 0 bridgehead atoms. The minimum Gasteiger partial charge on any atom is -0.484 e. The Morgan fingerprint density at radius 1 is 1.03 bits per heavy atom. The molecule has 2 aromatic rings. The SMILES string of the molecule is CS(=O)(=O)N(Cc1ccccc1)c1ccc(OCC(=O)NC2CCCCC2)cc1. The molecule has 3 rings (SSSR count). The van der Waals surface area contributed by atoms with Crippen molar-refractivity contribution in [2.45, 2.75) is 44.7 Å². The number of benzene rings is 2. The van der Waals surface area contributed by atoms with E-state index in [1.54, 1.807) is 24.3 Å². The van der Waals surface area contributed by atoms with Crippen LogP contribution in [0.2, 0.25) is 0 Å². The fraction of sp³-hybridized carbons (Fsp3) is 0.409. The normalized spacial score (nSPS) is 14.9. The molecule has 0 spiro atoms. The topological polar surface area (TPSA) is 75.7 Å². The van der Waals surface area contributed by atoms with Gasteiger partial charge in [-0.1, -0.05) is 49.6 Å². The van der Waals surface area contributed by atoms with Crippen LogP contribution in [-0.4, -0.2) is 33.2 Å². The second-order valence-electron chi connectivity index (χ2n) is 7.44. The zero-order valence-corrected chi connectivity index (χ0v) is 17.5. The summed E-state index contributed by atoms with van der Waals surface area (Å²) in [6, 6.07) is 16.4. The summed E-state index contributed by atoms with van der Waals surface area (Å²) in [5.74, 6) is 0.406. The number of carbonyl (C=O) groups excluding carboxylic acids is 1. The maximum atomic E-state index is 12.3. The van der Waals surface area contributed by atoms with Gasteiger partial charge in [-0.15, -0.1) is 0 Å². The molecule has 0 heterocycles. The molecular weight excluding hydrogens is 388 g/mol. The Labute approximate surface area is 172 Å². The highest BCUT2D eigenvalue weighted by molar-refractivity contribution is 7.92. The lowest BCUT2D eigenvalue weighted by atomic mass is 9.95. The van der Waals surface area contributed by atoms with Crippen molar-refractivity contribution >= 4 is 21.6 Å². The predicted octanol–water partition coefficient (Wildman–Crippen LogP) is 3.48. The molecule has 0 aliphatic heterocycles. The van der Waals surface area contributed by atoms with Crippen LogP contribution in [0.4, 0.5) is 5.69 Å². The third kappa shape index (κ3) is 6.49. The van der Waals surface area contributed by atoms with Crippen LogP contribution in [0.15, 0.2) is 54.6 Å². The van der Waals surface area contributed by atoms with Gasteiger partial charge in [0.1, 0.15) is 5.75 Å². The van der Waals surface area contributed by atoms with E-state index in [4.69, 9.17) is 4.74 Å². The van der Waals surface area contributed by atoms with Gasteiger partial charge < -0.3 is 10.1 Å². The molecule has 0 radical (unpaired) electrons. The summed E-state index contributed by atoms with van der Waals surface area (Å²) < 4.78 is 31.5. The van der Waals surface area contributed by atoms with Crippen molar-refractivity contribution in [3.63, 3.8) is 0 Å². The molecular formula is C22H28N2O4S. The third-order valence-corrected chi connectivity index (χ3v) is 6.17. The molecule has 1 aliphatic rings. The number of nitrogens with one attached hydrogen (secondary N) is 1. The molecule has 1 aliphatic carbocycles. The van der Waals surface area contributed by atoms with Crippen molar-refractivity contribution in [3.8, 4) is 5.75 Å². The van der Waals surface area contributed by atoms with E-state index >= 15 is 0 Å². The first-order valence-corrected chi connectivity index (χ1v) is 11.8. The number of nitrogens with zero attached hydrogens (tertiary/aromatic N) is 1. The van der Waals surface area contributed by atoms with Crippen molar-refractivity contribution in [1.29, 1.82) is 0 Å². The summed E-state index contributed by atoms with van der Waals surface area (Å²) in [6.07, 6.45) is 6.81. The van der Waals surface area contributed by atoms with Crippen molar-refractivity contribution in [1.82, 2.24) is 5.32 Å². The molecule has 1 saturated carbocycles. The maximum Gasteiger partial charge on any atom is 0.258 e. The van der Waals surface area contributed by atoms with Crippen molar-refractivity contribution in [2.24, 2.45) is 0 Å². The van der Waals surface area contributed by atoms with Gasteiger partial charge in [0.05, 0.1) is 18.5 Å². The van der Waals surface area contributed by atoms with Gasteiger partial charge in [0.15, 0.2) is 6.61 Å². The van der Waals surface area contributed by atoms with Gasteiger partial charge in [0.25, 0.3) is 5.91 Å². The lowest BCUT2D eigenvalue weighted by Gasteiger charge is -2.23. The summed E-state index contributed by atoms with van der Waals surface area (Å²) in [7, 11) is -3.44. The Morgan fingerprint density at radius 3 is 2.31 bits per heavy atom. The number of amides is 1. The standard InChI is InChI=1S/C22H28N2O4S/c1-29(26,27)24(16-18-8-4-2-5-9-18)20-12-14-21(15-13-20)28-17-22(25)23-19-10-6-3-7-11-19/h2,4-5,8-9,12-15,19H,3,6-7,10-11,16-17H2,1H3,(H,23,25). The Hall–Kier alpha value is -2.54. The first kappa shape index (κ1) is 21.2. The second kappa shape index (κ2) is 9.78. The van der Waals surface area contributed by atoms with Crippen molar-refractivity contribution in [2.75, 3.05) is 17.2 Å². The minimum atomic E-state index is -3.44. The number of hydrogen-bond donors (Lipinski definition) is 1. The highest BCUT2D eigenvalue weighted by Gasteiger charge is 2.18. The van der Waals surface area contributed by atoms with Crippen LogP contribution >= 0.6 is 0 Å². The Kier molecular flexibility index (Phi) is 7.14. The van der Waals surface area contributed by atoms with E-state index in [9.17, 15) is 13.2 Å². The number of anilines is 1. The fourth-order valence-corrected chi connectivity index (χ4v) is 4.41. The Balaban J connectivity index is 1.59. The first-order chi connectivity index (χ1) is 13.9. The van der Waals surface area contributed by atoms with E-state index in [1.807, 2.05) is 30.3 Å². The summed E-state index contributed by atoms with van der Waals surface area (Å²) in [5.41, 5.74) is 1.45. The molecule has 7 heteroatoms. The molecule has 0 atom stereocenters. The molecule has 6 nitrogen and oxygen atoms in total. The van der Waals surface area contributed by atoms with Crippen LogP contribution in [-0.2, 0) is 21.4 Å². The fourth-order valence-electron chi connectivity index (χ4n) is 3.52. The lowest BCUT2D eigenvalue weighted by molar-refractivity contribution is -0.124. The molecule has 156 valence electrons. The average Bonchev–Trinajstić information content (AvgIpc) is 2.72. The van der Waals surface area contributed by atoms with Crippen LogP contribution in [0.25, 0.3) is 0 Å². The number of sulfonamides is 1. The molecule has 1 amide bonds. The molecule has 0 saturated heterocycles. The zero-order valence-electron chi connectivity index (χ0n) is 16.7. The zero-order chi connectivity index (χ0) is 20.7. The third-order valence-electron chi connectivity index (χ3n) is 5.03. The van der Waals surface area contributed by atoms with Crippen LogP contribution in [0.1, 0.15) is 37.7 Å². The Bertz CT molecular complexity index is 892. The largest absolute Gasteiger partial charge is 0.484 e. The summed E-state index contributed by atoms with van der Waals surface area (Å²) >= 11 is 0. The van der Waals surface area contributed by atoms with E-state index in [1.165, 1.54) is 17.0 Å². The molecule has 29 heavy (non-hydrogen) atoms. The molecule has 2 aromatic carbocycles. The summed E-state index contributed by atoms with van der Waals surface area (Å²) in [6.45, 7) is 0.208. The van der Waals surface area contributed by atoms with Crippen molar-refractivity contribution < 1.29 is 17.9 Å². The molecule has 1 N–H and O–H groups in total. The molecule has 0 aromatic heterocycles. The van der Waals surface area contributed by atoms with Gasteiger partial charge in [-0.05, 0) is 42.7 Å². The summed E-state index contributed by atoms with van der Waals surface area (Å²) in [4.78, 5) is 12.1. The average molecular weight is 417 g/mol. The van der Waals surface area contributed by atoms with Gasteiger partial charge in [0.2, 0.25) is 10.0 Å². The van der Waals surface area contributed by atoms with Crippen LogP contribution in [0, 0.1) is 0 Å². The molecule has 0 unspecified atom stereocenters. The number of rotatable bonds is 8. The van der Waals surface area contributed by atoms with Crippen LogP contribution in [0.3, 0.4) is 0 Å². The van der Waals surface area contributed by atoms with Gasteiger partial charge in [0, 0.05) is 6.04 Å².